The normalized spacial score (nSPS) is 10.6. The Morgan fingerprint density at radius 2 is 2.28 bits per heavy atom. The number of benzene rings is 1. The molecule has 1 heterocycles. The van der Waals surface area contributed by atoms with Crippen LogP contribution in [0.2, 0.25) is 5.02 Å². The van der Waals surface area contributed by atoms with E-state index in [1.807, 2.05) is 10.8 Å². The van der Waals surface area contributed by atoms with E-state index in [4.69, 9.17) is 16.7 Å². The summed E-state index contributed by atoms with van der Waals surface area (Å²) in [6.45, 7) is 2.08. The lowest BCUT2D eigenvalue weighted by Crippen LogP contribution is -2.03. The van der Waals surface area contributed by atoms with E-state index >= 15 is 0 Å². The highest BCUT2D eigenvalue weighted by Crippen LogP contribution is 2.23. The predicted octanol–water partition coefficient (Wildman–Crippen LogP) is 3.18. The minimum atomic E-state index is -0.983. The standard InChI is InChI=1S/C13H13ClN2O2/c1-2-3-12-15-6-7-16(12)11-5-4-9(13(17)18)8-10(11)14/h4-8H,2-3H2,1H3,(H,17,18). The number of hydrogen-bond acceptors (Lipinski definition) is 2. The Labute approximate surface area is 110 Å². The Morgan fingerprint density at radius 3 is 2.89 bits per heavy atom. The van der Waals surface area contributed by atoms with Gasteiger partial charge in [0.15, 0.2) is 0 Å². The molecule has 1 aromatic carbocycles. The zero-order valence-corrected chi connectivity index (χ0v) is 10.7. The number of carbonyl (C=O) groups is 1. The van der Waals surface area contributed by atoms with Crippen molar-refractivity contribution < 1.29 is 9.90 Å². The average molecular weight is 265 g/mol. The second-order valence-corrected chi connectivity index (χ2v) is 4.34. The molecule has 0 aliphatic rings. The van der Waals surface area contributed by atoms with Crippen molar-refractivity contribution in [3.05, 3.63) is 47.0 Å². The lowest BCUT2D eigenvalue weighted by molar-refractivity contribution is 0.0697. The Hall–Kier alpha value is -1.81. The number of aryl methyl sites for hydroxylation is 1. The number of imidazole rings is 1. The van der Waals surface area contributed by atoms with Crippen LogP contribution in [0, 0.1) is 0 Å². The molecular formula is C13H13ClN2O2. The van der Waals surface area contributed by atoms with Gasteiger partial charge in [-0.05, 0) is 24.6 Å². The van der Waals surface area contributed by atoms with Gasteiger partial charge in [0.05, 0.1) is 16.3 Å². The zero-order chi connectivity index (χ0) is 13.1. The summed E-state index contributed by atoms with van der Waals surface area (Å²) in [7, 11) is 0. The van der Waals surface area contributed by atoms with E-state index in [9.17, 15) is 4.79 Å². The number of hydrogen-bond donors (Lipinski definition) is 1. The van der Waals surface area contributed by atoms with E-state index in [-0.39, 0.29) is 5.56 Å². The van der Waals surface area contributed by atoms with Crippen molar-refractivity contribution in [1.82, 2.24) is 9.55 Å². The van der Waals surface area contributed by atoms with Crippen molar-refractivity contribution in [1.29, 1.82) is 0 Å². The van der Waals surface area contributed by atoms with Gasteiger partial charge in [-0.1, -0.05) is 18.5 Å². The fourth-order valence-electron chi connectivity index (χ4n) is 1.80. The molecule has 1 aromatic heterocycles. The zero-order valence-electron chi connectivity index (χ0n) is 9.93. The minimum Gasteiger partial charge on any atom is -0.478 e. The molecular weight excluding hydrogens is 252 g/mol. The third-order valence-electron chi connectivity index (χ3n) is 2.65. The summed E-state index contributed by atoms with van der Waals surface area (Å²) < 4.78 is 1.89. The first kappa shape index (κ1) is 12.6. The second-order valence-electron chi connectivity index (χ2n) is 3.93. The topological polar surface area (TPSA) is 55.1 Å². The van der Waals surface area contributed by atoms with Crippen LogP contribution in [-0.2, 0) is 6.42 Å². The van der Waals surface area contributed by atoms with Crippen molar-refractivity contribution in [2.24, 2.45) is 0 Å². The maximum Gasteiger partial charge on any atom is 0.335 e. The number of aromatic nitrogens is 2. The minimum absolute atomic E-state index is 0.181. The third-order valence-corrected chi connectivity index (χ3v) is 2.95. The molecule has 5 heteroatoms. The van der Waals surface area contributed by atoms with E-state index in [1.165, 1.54) is 6.07 Å². The molecule has 0 spiro atoms. The van der Waals surface area contributed by atoms with Crippen LogP contribution < -0.4 is 0 Å². The summed E-state index contributed by atoms with van der Waals surface area (Å²) in [6, 6.07) is 4.70. The average Bonchev–Trinajstić information content (AvgIpc) is 2.77. The number of carboxylic acid groups (broad SMARTS) is 1. The van der Waals surface area contributed by atoms with E-state index in [0.29, 0.717) is 5.02 Å². The van der Waals surface area contributed by atoms with Crippen molar-refractivity contribution in [2.45, 2.75) is 19.8 Å². The summed E-state index contributed by atoms with van der Waals surface area (Å²) in [5, 5.41) is 9.30. The van der Waals surface area contributed by atoms with Crippen LogP contribution in [0.4, 0.5) is 0 Å². The summed E-state index contributed by atoms with van der Waals surface area (Å²) in [5.41, 5.74) is 0.934. The van der Waals surface area contributed by atoms with Crippen molar-refractivity contribution in [3.63, 3.8) is 0 Å². The fraction of sp³-hybridized carbons (Fsp3) is 0.231. The molecule has 18 heavy (non-hydrogen) atoms. The summed E-state index contributed by atoms with van der Waals surface area (Å²) in [6.07, 6.45) is 5.38. The first-order chi connectivity index (χ1) is 8.63. The number of rotatable bonds is 4. The van der Waals surface area contributed by atoms with Gasteiger partial charge < -0.3 is 9.67 Å². The molecule has 0 amide bonds. The number of nitrogens with zero attached hydrogens (tertiary/aromatic N) is 2. The highest BCUT2D eigenvalue weighted by Gasteiger charge is 2.10. The van der Waals surface area contributed by atoms with Gasteiger partial charge in [-0.3, -0.25) is 0 Å². The van der Waals surface area contributed by atoms with Crippen molar-refractivity contribution in [3.8, 4) is 5.69 Å². The molecule has 4 nitrogen and oxygen atoms in total. The molecule has 0 radical (unpaired) electrons. The molecule has 0 atom stereocenters. The molecule has 0 unspecified atom stereocenters. The molecule has 0 saturated carbocycles. The second kappa shape index (κ2) is 5.23. The van der Waals surface area contributed by atoms with Crippen molar-refractivity contribution >= 4 is 17.6 Å². The molecule has 94 valence electrons. The lowest BCUT2D eigenvalue weighted by atomic mass is 10.2. The Morgan fingerprint density at radius 1 is 1.50 bits per heavy atom. The molecule has 2 rings (SSSR count). The monoisotopic (exact) mass is 264 g/mol. The number of aromatic carboxylic acids is 1. The molecule has 0 aliphatic carbocycles. The van der Waals surface area contributed by atoms with Crippen LogP contribution in [0.15, 0.2) is 30.6 Å². The van der Waals surface area contributed by atoms with Crippen molar-refractivity contribution in [2.75, 3.05) is 0 Å². The van der Waals surface area contributed by atoms with Gasteiger partial charge in [-0.2, -0.15) is 0 Å². The highest BCUT2D eigenvalue weighted by molar-refractivity contribution is 6.32. The quantitative estimate of drug-likeness (QED) is 0.923. The van der Waals surface area contributed by atoms with E-state index in [0.717, 1.165) is 24.4 Å². The van der Waals surface area contributed by atoms with Crippen LogP contribution in [0.3, 0.4) is 0 Å². The van der Waals surface area contributed by atoms with Gasteiger partial charge in [0, 0.05) is 18.8 Å². The third kappa shape index (κ3) is 2.38. The largest absolute Gasteiger partial charge is 0.478 e. The molecule has 0 bridgehead atoms. The Kier molecular flexibility index (Phi) is 3.67. The van der Waals surface area contributed by atoms with Gasteiger partial charge in [-0.25, -0.2) is 9.78 Å². The van der Waals surface area contributed by atoms with Crippen LogP contribution >= 0.6 is 11.6 Å². The summed E-state index contributed by atoms with van der Waals surface area (Å²) >= 11 is 6.13. The van der Waals surface area contributed by atoms with Crippen LogP contribution in [0.25, 0.3) is 5.69 Å². The molecule has 0 aliphatic heterocycles. The van der Waals surface area contributed by atoms with Gasteiger partial charge in [0.25, 0.3) is 0 Å². The van der Waals surface area contributed by atoms with E-state index < -0.39 is 5.97 Å². The molecule has 0 saturated heterocycles. The maximum atomic E-state index is 10.8. The van der Waals surface area contributed by atoms with Crippen LogP contribution in [0.5, 0.6) is 0 Å². The predicted molar refractivity (Wildman–Crippen MR) is 69.5 cm³/mol. The fourth-order valence-corrected chi connectivity index (χ4v) is 2.07. The molecule has 0 fully saturated rings. The van der Waals surface area contributed by atoms with Gasteiger partial charge >= 0.3 is 5.97 Å². The first-order valence-corrected chi connectivity index (χ1v) is 6.06. The number of carboxylic acids is 1. The first-order valence-electron chi connectivity index (χ1n) is 5.69. The van der Waals surface area contributed by atoms with Gasteiger partial charge in [0.2, 0.25) is 0 Å². The Balaban J connectivity index is 2.44. The van der Waals surface area contributed by atoms with Gasteiger partial charge in [0.1, 0.15) is 5.82 Å². The van der Waals surface area contributed by atoms with Gasteiger partial charge in [-0.15, -0.1) is 0 Å². The lowest BCUT2D eigenvalue weighted by Gasteiger charge is -2.09. The highest BCUT2D eigenvalue weighted by atomic mass is 35.5. The van der Waals surface area contributed by atoms with Crippen LogP contribution in [-0.4, -0.2) is 20.6 Å². The maximum absolute atomic E-state index is 10.8. The summed E-state index contributed by atoms with van der Waals surface area (Å²) in [5.74, 6) is -0.0645. The van der Waals surface area contributed by atoms with E-state index in [2.05, 4.69) is 11.9 Å². The Bertz CT molecular complexity index is 578. The van der Waals surface area contributed by atoms with Crippen LogP contribution in [0.1, 0.15) is 29.5 Å². The number of halogens is 1. The SMILES string of the molecule is CCCc1nccn1-c1ccc(C(=O)O)cc1Cl. The smallest absolute Gasteiger partial charge is 0.335 e. The molecule has 2 aromatic rings. The summed E-state index contributed by atoms with van der Waals surface area (Å²) in [4.78, 5) is 15.1. The van der Waals surface area contributed by atoms with E-state index in [1.54, 1.807) is 18.3 Å². The molecule has 1 N–H and O–H groups in total.